The predicted molar refractivity (Wildman–Crippen MR) is 111 cm³/mol. The van der Waals surface area contributed by atoms with Crippen LogP contribution in [0.25, 0.3) is 0 Å². The van der Waals surface area contributed by atoms with E-state index in [1.807, 2.05) is 18.2 Å². The molecule has 1 aromatic carbocycles. The number of carbonyl (C=O) groups excluding carboxylic acids is 1. The molecule has 27 heavy (non-hydrogen) atoms. The minimum absolute atomic E-state index is 0.0903. The summed E-state index contributed by atoms with van der Waals surface area (Å²) >= 11 is 1.65. The number of carbonyl (C=O) groups is 1. The van der Waals surface area contributed by atoms with E-state index in [4.69, 9.17) is 9.47 Å². The molecular weight excluding hydrogens is 360 g/mol. The summed E-state index contributed by atoms with van der Waals surface area (Å²) < 4.78 is 11.0. The van der Waals surface area contributed by atoms with Crippen molar-refractivity contribution in [1.82, 2.24) is 0 Å². The third-order valence-electron chi connectivity index (χ3n) is 4.61. The Morgan fingerprint density at radius 1 is 1.15 bits per heavy atom. The van der Waals surface area contributed by atoms with E-state index in [0.717, 1.165) is 34.7 Å². The molecule has 1 N–H and O–H groups in total. The summed E-state index contributed by atoms with van der Waals surface area (Å²) in [5.74, 6) is 1.19. The zero-order valence-electron chi connectivity index (χ0n) is 16.1. The van der Waals surface area contributed by atoms with Crippen LogP contribution in [-0.2, 0) is 11.2 Å². The number of hydrogen-bond donors (Lipinski definition) is 1. The molecule has 1 aliphatic rings. The number of fused-ring (bicyclic) bond motifs is 1. The van der Waals surface area contributed by atoms with Gasteiger partial charge in [-0.15, -0.1) is 11.3 Å². The Balaban J connectivity index is 1.98. The van der Waals surface area contributed by atoms with Crippen LogP contribution in [0.4, 0.5) is 5.00 Å². The van der Waals surface area contributed by atoms with Crippen molar-refractivity contribution in [2.75, 3.05) is 26.1 Å². The van der Waals surface area contributed by atoms with E-state index in [1.165, 1.54) is 24.1 Å². The van der Waals surface area contributed by atoms with E-state index in [2.05, 4.69) is 23.3 Å². The van der Waals surface area contributed by atoms with Crippen molar-refractivity contribution in [3.63, 3.8) is 0 Å². The zero-order valence-corrected chi connectivity index (χ0v) is 16.9. The van der Waals surface area contributed by atoms with Gasteiger partial charge in [0.15, 0.2) is 11.5 Å². The van der Waals surface area contributed by atoms with Gasteiger partial charge < -0.3 is 14.8 Å². The van der Waals surface area contributed by atoms with Crippen molar-refractivity contribution >= 4 is 28.0 Å². The van der Waals surface area contributed by atoms with Crippen LogP contribution in [-0.4, -0.2) is 32.4 Å². The van der Waals surface area contributed by atoms with Gasteiger partial charge in [0.1, 0.15) is 11.5 Å². The largest absolute Gasteiger partial charge is 0.493 e. The number of aliphatic imine (C=N–C) groups is 1. The summed E-state index contributed by atoms with van der Waals surface area (Å²) in [7, 11) is 3.24. The molecule has 5 nitrogen and oxygen atoms in total. The standard InChI is InChI=1S/C21H26N2O3S/c1-4-5-6-7-9-14-12-16-19(22-13-18(24)23-21(16)27-14)15-10-8-11-17(25-2)20(15)26-3/h8,10-12H,4-7,9,13H2,1-3H3,(H,23,24). The molecule has 0 radical (unpaired) electrons. The SMILES string of the molecule is CCCCCCc1cc2c(s1)NC(=O)CN=C2c1cccc(OC)c1OC. The number of benzene rings is 1. The first kappa shape index (κ1) is 19.4. The number of para-hydroxylation sites is 1. The second-order valence-electron chi connectivity index (χ2n) is 6.52. The Morgan fingerprint density at radius 3 is 2.74 bits per heavy atom. The quantitative estimate of drug-likeness (QED) is 0.670. The molecule has 2 aromatic rings. The van der Waals surface area contributed by atoms with Crippen LogP contribution in [0.15, 0.2) is 29.3 Å². The highest BCUT2D eigenvalue weighted by atomic mass is 32.1. The molecular formula is C21H26N2O3S. The number of aryl methyl sites for hydroxylation is 1. The van der Waals surface area contributed by atoms with Gasteiger partial charge in [0.05, 0.1) is 19.9 Å². The van der Waals surface area contributed by atoms with Crippen LogP contribution >= 0.6 is 11.3 Å². The third-order valence-corrected chi connectivity index (χ3v) is 5.72. The van der Waals surface area contributed by atoms with Crippen molar-refractivity contribution in [3.8, 4) is 11.5 Å². The van der Waals surface area contributed by atoms with E-state index in [1.54, 1.807) is 25.6 Å². The summed E-state index contributed by atoms with van der Waals surface area (Å²) in [5.41, 5.74) is 2.57. The van der Waals surface area contributed by atoms with Crippen molar-refractivity contribution < 1.29 is 14.3 Å². The van der Waals surface area contributed by atoms with Gasteiger partial charge in [-0.25, -0.2) is 0 Å². The maximum absolute atomic E-state index is 12.1. The third kappa shape index (κ3) is 4.33. The Labute approximate surface area is 164 Å². The maximum Gasteiger partial charge on any atom is 0.246 e. The fourth-order valence-electron chi connectivity index (χ4n) is 3.27. The molecule has 144 valence electrons. The van der Waals surface area contributed by atoms with E-state index < -0.39 is 0 Å². The van der Waals surface area contributed by atoms with E-state index >= 15 is 0 Å². The molecule has 3 rings (SSSR count). The molecule has 1 amide bonds. The fraction of sp³-hybridized carbons (Fsp3) is 0.429. The van der Waals surface area contributed by atoms with Crippen molar-refractivity contribution in [2.45, 2.75) is 39.0 Å². The van der Waals surface area contributed by atoms with Gasteiger partial charge in [0.2, 0.25) is 5.91 Å². The maximum atomic E-state index is 12.1. The first-order valence-electron chi connectivity index (χ1n) is 9.36. The van der Waals surface area contributed by atoms with E-state index in [9.17, 15) is 4.79 Å². The molecule has 0 saturated heterocycles. The average Bonchev–Trinajstić information content (AvgIpc) is 3.00. The van der Waals surface area contributed by atoms with Gasteiger partial charge in [-0.2, -0.15) is 0 Å². The molecule has 6 heteroatoms. The summed E-state index contributed by atoms with van der Waals surface area (Å²) in [6.45, 7) is 2.32. The van der Waals surface area contributed by atoms with E-state index in [0.29, 0.717) is 11.5 Å². The number of hydrogen-bond acceptors (Lipinski definition) is 5. The first-order valence-corrected chi connectivity index (χ1v) is 10.2. The lowest BCUT2D eigenvalue weighted by molar-refractivity contribution is -0.114. The Hall–Kier alpha value is -2.34. The number of nitrogens with zero attached hydrogens (tertiary/aromatic N) is 1. The number of rotatable bonds is 8. The lowest BCUT2D eigenvalue weighted by Crippen LogP contribution is -2.12. The number of ether oxygens (including phenoxy) is 2. The Kier molecular flexibility index (Phi) is 6.50. The first-order chi connectivity index (χ1) is 13.2. The van der Waals surface area contributed by atoms with Gasteiger partial charge in [0.25, 0.3) is 0 Å². The molecule has 0 fully saturated rings. The smallest absolute Gasteiger partial charge is 0.246 e. The number of unbranched alkanes of at least 4 members (excludes halogenated alkanes) is 3. The second kappa shape index (κ2) is 9.04. The lowest BCUT2D eigenvalue weighted by Gasteiger charge is -2.13. The predicted octanol–water partition coefficient (Wildman–Crippen LogP) is 4.68. The number of methoxy groups -OCH3 is 2. The lowest BCUT2D eigenvalue weighted by atomic mass is 10.0. The minimum Gasteiger partial charge on any atom is -0.493 e. The molecule has 0 aliphatic carbocycles. The normalized spacial score (nSPS) is 13.4. The minimum atomic E-state index is -0.0903. The van der Waals surface area contributed by atoms with Crippen LogP contribution in [0.5, 0.6) is 11.5 Å². The summed E-state index contributed by atoms with van der Waals surface area (Å²) in [5, 5.41) is 3.87. The van der Waals surface area contributed by atoms with Gasteiger partial charge in [0, 0.05) is 16.0 Å². The van der Waals surface area contributed by atoms with Gasteiger partial charge in [-0.05, 0) is 31.0 Å². The van der Waals surface area contributed by atoms with Gasteiger partial charge in [-0.3, -0.25) is 9.79 Å². The number of thiophene rings is 1. The Bertz CT molecular complexity index is 842. The summed E-state index contributed by atoms with van der Waals surface area (Å²) in [6, 6.07) is 7.89. The average molecular weight is 387 g/mol. The van der Waals surface area contributed by atoms with Crippen molar-refractivity contribution in [2.24, 2.45) is 4.99 Å². The van der Waals surface area contributed by atoms with Crippen LogP contribution < -0.4 is 14.8 Å². The molecule has 0 saturated carbocycles. The highest BCUT2D eigenvalue weighted by Crippen LogP contribution is 2.37. The van der Waals surface area contributed by atoms with Gasteiger partial charge >= 0.3 is 0 Å². The molecule has 0 bridgehead atoms. The van der Waals surface area contributed by atoms with Crippen molar-refractivity contribution in [3.05, 3.63) is 40.3 Å². The van der Waals surface area contributed by atoms with Crippen molar-refractivity contribution in [1.29, 1.82) is 0 Å². The fourth-order valence-corrected chi connectivity index (χ4v) is 4.38. The summed E-state index contributed by atoms with van der Waals surface area (Å²) in [4.78, 5) is 18.0. The number of amides is 1. The summed E-state index contributed by atoms with van der Waals surface area (Å²) in [6.07, 6.45) is 5.90. The Morgan fingerprint density at radius 2 is 2.00 bits per heavy atom. The molecule has 1 aromatic heterocycles. The van der Waals surface area contributed by atoms with Crippen LogP contribution in [0.3, 0.4) is 0 Å². The number of nitrogens with one attached hydrogen (secondary N) is 1. The van der Waals surface area contributed by atoms with Gasteiger partial charge in [-0.1, -0.05) is 32.3 Å². The monoisotopic (exact) mass is 386 g/mol. The zero-order chi connectivity index (χ0) is 19.2. The highest BCUT2D eigenvalue weighted by Gasteiger charge is 2.24. The van der Waals surface area contributed by atoms with E-state index in [-0.39, 0.29) is 12.5 Å². The second-order valence-corrected chi connectivity index (χ2v) is 7.66. The van der Waals surface area contributed by atoms with Crippen LogP contribution in [0, 0.1) is 0 Å². The molecule has 1 aliphatic heterocycles. The molecule has 0 atom stereocenters. The number of anilines is 1. The molecule has 0 spiro atoms. The van der Waals surface area contributed by atoms with Crippen LogP contribution in [0.2, 0.25) is 0 Å². The van der Waals surface area contributed by atoms with Crippen LogP contribution in [0.1, 0.15) is 48.6 Å². The topological polar surface area (TPSA) is 59.9 Å². The highest BCUT2D eigenvalue weighted by molar-refractivity contribution is 7.16. The molecule has 0 unspecified atom stereocenters. The molecule has 2 heterocycles.